The van der Waals surface area contributed by atoms with Gasteiger partial charge in [0.25, 0.3) is 0 Å². The summed E-state index contributed by atoms with van der Waals surface area (Å²) in [4.78, 5) is 11.6. The zero-order valence-corrected chi connectivity index (χ0v) is 10.6. The number of hydrogen-bond donors (Lipinski definition) is 2. The number of benzene rings is 1. The molecule has 94 valence electrons. The summed E-state index contributed by atoms with van der Waals surface area (Å²) in [7, 11) is 0. The first-order valence-electron chi connectivity index (χ1n) is 5.32. The Balaban J connectivity index is 2.63. The van der Waals surface area contributed by atoms with Gasteiger partial charge >= 0.3 is 0 Å². The standard InChI is InChI=1S/C12H16ClFN2O/c1-12(2,15)7-6-10(17)16-11-8(13)4-3-5-9(11)14/h3-5H,6-7,15H2,1-2H3,(H,16,17). The van der Waals surface area contributed by atoms with Gasteiger partial charge in [-0.3, -0.25) is 4.79 Å². The number of nitrogens with two attached hydrogens (primary N) is 1. The Kier molecular flexibility index (Phi) is 4.48. The van der Waals surface area contributed by atoms with Crippen LogP contribution in [0.2, 0.25) is 5.02 Å². The maximum Gasteiger partial charge on any atom is 0.224 e. The van der Waals surface area contributed by atoms with Gasteiger partial charge < -0.3 is 11.1 Å². The van der Waals surface area contributed by atoms with E-state index in [0.29, 0.717) is 6.42 Å². The number of nitrogens with one attached hydrogen (secondary N) is 1. The number of amides is 1. The summed E-state index contributed by atoms with van der Waals surface area (Å²) in [5, 5.41) is 2.64. The number of carbonyl (C=O) groups is 1. The summed E-state index contributed by atoms with van der Waals surface area (Å²) >= 11 is 5.78. The van der Waals surface area contributed by atoms with Crippen molar-refractivity contribution < 1.29 is 9.18 Å². The Labute approximate surface area is 105 Å². The second-order valence-corrected chi connectivity index (χ2v) is 5.04. The van der Waals surface area contributed by atoms with Gasteiger partial charge in [-0.2, -0.15) is 0 Å². The van der Waals surface area contributed by atoms with Crippen LogP contribution in [0.5, 0.6) is 0 Å². The van der Waals surface area contributed by atoms with Crippen LogP contribution in [-0.4, -0.2) is 11.4 Å². The maximum atomic E-state index is 13.4. The molecule has 0 bridgehead atoms. The molecule has 3 N–H and O–H groups in total. The molecule has 0 aliphatic rings. The minimum atomic E-state index is -0.544. The van der Waals surface area contributed by atoms with Gasteiger partial charge in [0, 0.05) is 12.0 Å². The summed E-state index contributed by atoms with van der Waals surface area (Å²) in [6, 6.07) is 4.25. The van der Waals surface area contributed by atoms with Crippen molar-refractivity contribution in [2.24, 2.45) is 5.73 Å². The van der Waals surface area contributed by atoms with Gasteiger partial charge in [-0.25, -0.2) is 4.39 Å². The molecule has 0 saturated heterocycles. The molecule has 0 unspecified atom stereocenters. The van der Waals surface area contributed by atoms with Gasteiger partial charge in [-0.05, 0) is 32.4 Å². The van der Waals surface area contributed by atoms with E-state index in [2.05, 4.69) is 5.32 Å². The molecular weight excluding hydrogens is 243 g/mol. The van der Waals surface area contributed by atoms with Crippen molar-refractivity contribution in [1.82, 2.24) is 0 Å². The molecule has 1 amide bonds. The first-order chi connectivity index (χ1) is 7.79. The molecule has 0 aliphatic heterocycles. The van der Waals surface area contributed by atoms with Crippen molar-refractivity contribution in [3.63, 3.8) is 0 Å². The second-order valence-electron chi connectivity index (χ2n) is 4.63. The Morgan fingerprint density at radius 2 is 2.18 bits per heavy atom. The monoisotopic (exact) mass is 258 g/mol. The van der Waals surface area contributed by atoms with Crippen molar-refractivity contribution in [1.29, 1.82) is 0 Å². The van der Waals surface area contributed by atoms with Gasteiger partial charge in [0.05, 0.1) is 10.7 Å². The minimum absolute atomic E-state index is 0.0222. The van der Waals surface area contributed by atoms with E-state index in [4.69, 9.17) is 17.3 Å². The van der Waals surface area contributed by atoms with Gasteiger partial charge in [0.15, 0.2) is 0 Å². The molecule has 0 saturated carbocycles. The van der Waals surface area contributed by atoms with E-state index in [1.54, 1.807) is 0 Å². The summed E-state index contributed by atoms with van der Waals surface area (Å²) < 4.78 is 13.4. The molecule has 0 aromatic heterocycles. The van der Waals surface area contributed by atoms with Crippen LogP contribution in [0.4, 0.5) is 10.1 Å². The fourth-order valence-corrected chi connectivity index (χ4v) is 1.47. The number of halogens is 2. The Hall–Kier alpha value is -1.13. The first kappa shape index (κ1) is 13.9. The third-order valence-electron chi connectivity index (χ3n) is 2.22. The Bertz CT molecular complexity index is 395. The minimum Gasteiger partial charge on any atom is -0.326 e. The van der Waals surface area contributed by atoms with E-state index in [1.807, 2.05) is 13.8 Å². The Morgan fingerprint density at radius 3 is 2.71 bits per heavy atom. The predicted octanol–water partition coefficient (Wildman–Crippen LogP) is 2.94. The van der Waals surface area contributed by atoms with Crippen molar-refractivity contribution >= 4 is 23.2 Å². The first-order valence-corrected chi connectivity index (χ1v) is 5.70. The normalized spacial score (nSPS) is 11.4. The highest BCUT2D eigenvalue weighted by molar-refractivity contribution is 6.33. The van der Waals surface area contributed by atoms with E-state index < -0.39 is 11.4 Å². The number of carbonyl (C=O) groups excluding carboxylic acids is 1. The largest absolute Gasteiger partial charge is 0.326 e. The maximum absolute atomic E-state index is 13.4. The average molecular weight is 259 g/mol. The summed E-state index contributed by atoms with van der Waals surface area (Å²) in [5.41, 5.74) is 5.36. The molecule has 1 aromatic carbocycles. The van der Waals surface area contributed by atoms with Gasteiger partial charge in [0.1, 0.15) is 5.82 Å². The molecule has 0 aliphatic carbocycles. The second kappa shape index (κ2) is 5.47. The highest BCUT2D eigenvalue weighted by atomic mass is 35.5. The lowest BCUT2D eigenvalue weighted by atomic mass is 10.00. The molecule has 3 nitrogen and oxygen atoms in total. The highest BCUT2D eigenvalue weighted by Gasteiger charge is 2.15. The van der Waals surface area contributed by atoms with E-state index in [-0.39, 0.29) is 23.0 Å². The molecular formula is C12H16ClFN2O. The van der Waals surface area contributed by atoms with Crippen molar-refractivity contribution in [2.45, 2.75) is 32.2 Å². The van der Waals surface area contributed by atoms with Gasteiger partial charge in [0.2, 0.25) is 5.91 Å². The lowest BCUT2D eigenvalue weighted by molar-refractivity contribution is -0.116. The van der Waals surface area contributed by atoms with Gasteiger partial charge in [-0.1, -0.05) is 17.7 Å². The third kappa shape index (κ3) is 4.71. The van der Waals surface area contributed by atoms with E-state index in [0.717, 1.165) is 0 Å². The topological polar surface area (TPSA) is 55.1 Å². The van der Waals surface area contributed by atoms with Crippen LogP contribution in [0.1, 0.15) is 26.7 Å². The van der Waals surface area contributed by atoms with E-state index >= 15 is 0 Å². The van der Waals surface area contributed by atoms with E-state index in [9.17, 15) is 9.18 Å². The lowest BCUT2D eigenvalue weighted by Crippen LogP contribution is -2.33. The van der Waals surface area contributed by atoms with Crippen LogP contribution < -0.4 is 11.1 Å². The van der Waals surface area contributed by atoms with Crippen molar-refractivity contribution in [3.05, 3.63) is 29.0 Å². The number of anilines is 1. The SMILES string of the molecule is CC(C)(N)CCC(=O)Nc1c(F)cccc1Cl. The molecule has 0 heterocycles. The smallest absolute Gasteiger partial charge is 0.224 e. The van der Waals surface area contributed by atoms with Gasteiger partial charge in [-0.15, -0.1) is 0 Å². The molecule has 17 heavy (non-hydrogen) atoms. The summed E-state index contributed by atoms with van der Waals surface area (Å²) in [5.74, 6) is -0.839. The van der Waals surface area contributed by atoms with Crippen molar-refractivity contribution in [2.75, 3.05) is 5.32 Å². The van der Waals surface area contributed by atoms with Crippen LogP contribution in [0.3, 0.4) is 0 Å². The van der Waals surface area contributed by atoms with Crippen molar-refractivity contribution in [3.8, 4) is 0 Å². The molecule has 5 heteroatoms. The zero-order valence-electron chi connectivity index (χ0n) is 9.89. The van der Waals surface area contributed by atoms with Crippen LogP contribution in [0.15, 0.2) is 18.2 Å². The van der Waals surface area contributed by atoms with Crippen LogP contribution in [0.25, 0.3) is 0 Å². The number of hydrogen-bond acceptors (Lipinski definition) is 2. The number of para-hydroxylation sites is 1. The Morgan fingerprint density at radius 1 is 1.53 bits per heavy atom. The molecule has 0 fully saturated rings. The summed E-state index contributed by atoms with van der Waals surface area (Å²) in [6.07, 6.45) is 0.749. The fourth-order valence-electron chi connectivity index (χ4n) is 1.25. The highest BCUT2D eigenvalue weighted by Crippen LogP contribution is 2.24. The fraction of sp³-hybridized carbons (Fsp3) is 0.417. The lowest BCUT2D eigenvalue weighted by Gasteiger charge is -2.17. The van der Waals surface area contributed by atoms with E-state index in [1.165, 1.54) is 18.2 Å². The molecule has 0 atom stereocenters. The van der Waals surface area contributed by atoms with Crippen LogP contribution >= 0.6 is 11.6 Å². The average Bonchev–Trinajstić information content (AvgIpc) is 2.20. The van der Waals surface area contributed by atoms with Crippen LogP contribution in [0, 0.1) is 5.82 Å². The molecule has 0 radical (unpaired) electrons. The molecule has 0 spiro atoms. The number of rotatable bonds is 4. The predicted molar refractivity (Wildman–Crippen MR) is 67.5 cm³/mol. The quantitative estimate of drug-likeness (QED) is 0.872. The molecule has 1 rings (SSSR count). The molecule has 1 aromatic rings. The zero-order chi connectivity index (χ0) is 13.1. The van der Waals surface area contributed by atoms with Crippen LogP contribution in [-0.2, 0) is 4.79 Å². The third-order valence-corrected chi connectivity index (χ3v) is 2.54. The summed E-state index contributed by atoms with van der Waals surface area (Å²) in [6.45, 7) is 3.66.